The van der Waals surface area contributed by atoms with Crippen molar-refractivity contribution in [1.29, 1.82) is 0 Å². The molecule has 0 spiro atoms. The van der Waals surface area contributed by atoms with Gasteiger partial charge >= 0.3 is 0 Å². The Morgan fingerprint density at radius 1 is 1.17 bits per heavy atom. The lowest BCUT2D eigenvalue weighted by molar-refractivity contribution is -0.123. The molecule has 2 heterocycles. The first-order chi connectivity index (χ1) is 8.75. The Hall–Kier alpha value is -1.84. The van der Waals surface area contributed by atoms with Crippen LogP contribution in [0.3, 0.4) is 0 Å². The Morgan fingerprint density at radius 3 is 2.72 bits per heavy atom. The highest BCUT2D eigenvalue weighted by atomic mass is 16.2. The average molecular weight is 242 g/mol. The van der Waals surface area contributed by atoms with E-state index in [0.29, 0.717) is 0 Å². The van der Waals surface area contributed by atoms with Crippen LogP contribution in [0.5, 0.6) is 0 Å². The molecule has 18 heavy (non-hydrogen) atoms. The summed E-state index contributed by atoms with van der Waals surface area (Å²) in [6, 6.07) is 5.84. The molecule has 2 aliphatic heterocycles. The first-order valence-electron chi connectivity index (χ1n) is 6.50. The third-order valence-electron chi connectivity index (χ3n) is 4.15. The van der Waals surface area contributed by atoms with Crippen LogP contribution in [0.2, 0.25) is 0 Å². The smallest absolute Gasteiger partial charge is 0.237 e. The molecule has 0 bridgehead atoms. The minimum Gasteiger partial charge on any atom is -0.385 e. The first-order valence-corrected chi connectivity index (χ1v) is 6.50. The number of aryl methyl sites for hydroxylation is 1. The maximum Gasteiger partial charge on any atom is 0.237 e. The summed E-state index contributed by atoms with van der Waals surface area (Å²) in [7, 11) is 0. The van der Waals surface area contributed by atoms with Crippen molar-refractivity contribution in [2.75, 3.05) is 16.8 Å². The van der Waals surface area contributed by atoms with Gasteiger partial charge in [-0.15, -0.1) is 0 Å². The molecular formula is C14H14N2O2. The molecule has 1 aromatic carbocycles. The third-order valence-corrected chi connectivity index (χ3v) is 4.15. The molecular weight excluding hydrogens is 228 g/mol. The van der Waals surface area contributed by atoms with Crippen molar-refractivity contribution in [3.05, 3.63) is 23.8 Å². The fourth-order valence-corrected chi connectivity index (χ4v) is 3.04. The number of anilines is 2. The van der Waals surface area contributed by atoms with Gasteiger partial charge in [-0.1, -0.05) is 0 Å². The second-order valence-electron chi connectivity index (χ2n) is 5.33. The first kappa shape index (κ1) is 10.1. The number of carbonyl (C=O) groups excluding carboxylic acids is 2. The Kier molecular flexibility index (Phi) is 1.88. The lowest BCUT2D eigenvalue weighted by Crippen LogP contribution is -2.32. The predicted molar refractivity (Wildman–Crippen MR) is 67.3 cm³/mol. The molecule has 4 heteroatoms. The fraction of sp³-hybridized carbons (Fsp3) is 0.429. The molecule has 0 aromatic heterocycles. The zero-order valence-electron chi connectivity index (χ0n) is 9.98. The normalized spacial score (nSPS) is 28.8. The maximum atomic E-state index is 12.0. The van der Waals surface area contributed by atoms with E-state index in [2.05, 4.69) is 5.32 Å². The van der Waals surface area contributed by atoms with E-state index >= 15 is 0 Å². The molecule has 2 amide bonds. The van der Waals surface area contributed by atoms with Gasteiger partial charge in [0.1, 0.15) is 0 Å². The molecule has 2 unspecified atom stereocenters. The molecule has 4 rings (SSSR count). The Balaban J connectivity index is 1.73. The van der Waals surface area contributed by atoms with Crippen LogP contribution >= 0.6 is 0 Å². The Morgan fingerprint density at radius 2 is 1.94 bits per heavy atom. The minimum atomic E-state index is -0.0216. The number of amides is 2. The number of hydrogen-bond acceptors (Lipinski definition) is 3. The summed E-state index contributed by atoms with van der Waals surface area (Å²) in [5.74, 6) is -0.0549. The van der Waals surface area contributed by atoms with Gasteiger partial charge in [0.2, 0.25) is 11.8 Å². The SMILES string of the molecule is O=C1C2CC2C(=O)N1c1ccc2c(c1)CCCN2. The molecule has 1 aliphatic carbocycles. The van der Waals surface area contributed by atoms with Crippen molar-refractivity contribution in [1.82, 2.24) is 0 Å². The van der Waals surface area contributed by atoms with Crippen LogP contribution in [0.1, 0.15) is 18.4 Å². The van der Waals surface area contributed by atoms with E-state index in [0.717, 1.165) is 37.2 Å². The molecule has 0 radical (unpaired) electrons. The number of benzene rings is 1. The standard InChI is InChI=1S/C14H14N2O2/c17-13-10-7-11(10)14(18)16(13)9-3-4-12-8(6-9)2-1-5-15-12/h3-4,6,10-11,15H,1-2,5,7H2. The van der Waals surface area contributed by atoms with Crippen LogP contribution in [0.25, 0.3) is 0 Å². The second-order valence-corrected chi connectivity index (χ2v) is 5.33. The molecule has 2 fully saturated rings. The van der Waals surface area contributed by atoms with E-state index in [1.807, 2.05) is 18.2 Å². The molecule has 92 valence electrons. The summed E-state index contributed by atoms with van der Waals surface area (Å²) in [5.41, 5.74) is 3.09. The number of carbonyl (C=O) groups is 2. The van der Waals surface area contributed by atoms with Gasteiger partial charge < -0.3 is 5.32 Å². The van der Waals surface area contributed by atoms with Crippen molar-refractivity contribution in [3.8, 4) is 0 Å². The van der Waals surface area contributed by atoms with Gasteiger partial charge in [0.05, 0.1) is 17.5 Å². The van der Waals surface area contributed by atoms with Crippen LogP contribution < -0.4 is 10.2 Å². The van der Waals surface area contributed by atoms with E-state index in [4.69, 9.17) is 0 Å². The average Bonchev–Trinajstić information content (AvgIpc) is 3.14. The quantitative estimate of drug-likeness (QED) is 0.760. The number of rotatable bonds is 1. The van der Waals surface area contributed by atoms with Crippen molar-refractivity contribution in [2.24, 2.45) is 11.8 Å². The lowest BCUT2D eigenvalue weighted by Gasteiger charge is -2.22. The van der Waals surface area contributed by atoms with Crippen molar-refractivity contribution < 1.29 is 9.59 Å². The molecule has 4 nitrogen and oxygen atoms in total. The van der Waals surface area contributed by atoms with Gasteiger partial charge in [-0.3, -0.25) is 14.5 Å². The molecule has 1 N–H and O–H groups in total. The van der Waals surface area contributed by atoms with E-state index in [1.165, 1.54) is 10.5 Å². The highest BCUT2D eigenvalue weighted by Gasteiger charge is 2.59. The fourth-order valence-electron chi connectivity index (χ4n) is 3.04. The van der Waals surface area contributed by atoms with Gasteiger partial charge in [-0.05, 0) is 43.0 Å². The van der Waals surface area contributed by atoms with Crippen LogP contribution in [0.15, 0.2) is 18.2 Å². The second kappa shape index (κ2) is 3.34. The van der Waals surface area contributed by atoms with Gasteiger partial charge in [-0.2, -0.15) is 0 Å². The van der Waals surface area contributed by atoms with Crippen molar-refractivity contribution >= 4 is 23.2 Å². The number of fused-ring (bicyclic) bond motifs is 2. The molecule has 2 atom stereocenters. The zero-order chi connectivity index (χ0) is 12.3. The topological polar surface area (TPSA) is 49.4 Å². The molecule has 3 aliphatic rings. The summed E-state index contributed by atoms with van der Waals surface area (Å²) in [6.45, 7) is 0.998. The van der Waals surface area contributed by atoms with Crippen LogP contribution in [0, 0.1) is 11.8 Å². The number of nitrogens with one attached hydrogen (secondary N) is 1. The summed E-state index contributed by atoms with van der Waals surface area (Å²) in [6.07, 6.45) is 2.88. The molecule has 1 aromatic rings. The summed E-state index contributed by atoms with van der Waals surface area (Å²) in [5, 5.41) is 3.33. The Bertz CT molecular complexity index is 547. The minimum absolute atomic E-state index is 0.00582. The molecule has 1 saturated carbocycles. The highest BCUT2D eigenvalue weighted by Crippen LogP contribution is 2.48. The number of hydrogen-bond donors (Lipinski definition) is 1. The number of nitrogens with zero attached hydrogens (tertiary/aromatic N) is 1. The van der Waals surface area contributed by atoms with E-state index < -0.39 is 0 Å². The van der Waals surface area contributed by atoms with Crippen molar-refractivity contribution in [3.63, 3.8) is 0 Å². The Labute approximate surface area is 105 Å². The van der Waals surface area contributed by atoms with Crippen LogP contribution in [-0.2, 0) is 16.0 Å². The van der Waals surface area contributed by atoms with Crippen LogP contribution in [-0.4, -0.2) is 18.4 Å². The maximum absolute atomic E-state index is 12.0. The monoisotopic (exact) mass is 242 g/mol. The lowest BCUT2D eigenvalue weighted by atomic mass is 10.0. The van der Waals surface area contributed by atoms with Crippen molar-refractivity contribution in [2.45, 2.75) is 19.3 Å². The van der Waals surface area contributed by atoms with E-state index in [1.54, 1.807) is 0 Å². The molecule has 1 saturated heterocycles. The van der Waals surface area contributed by atoms with Gasteiger partial charge in [0.25, 0.3) is 0 Å². The highest BCUT2D eigenvalue weighted by molar-refractivity contribution is 6.24. The van der Waals surface area contributed by atoms with Gasteiger partial charge in [-0.25, -0.2) is 0 Å². The third kappa shape index (κ3) is 1.26. The zero-order valence-corrected chi connectivity index (χ0v) is 9.98. The van der Waals surface area contributed by atoms with Gasteiger partial charge in [0.15, 0.2) is 0 Å². The summed E-state index contributed by atoms with van der Waals surface area (Å²) in [4.78, 5) is 25.4. The van der Waals surface area contributed by atoms with E-state index in [-0.39, 0.29) is 23.7 Å². The van der Waals surface area contributed by atoms with Crippen LogP contribution in [0.4, 0.5) is 11.4 Å². The number of imide groups is 1. The summed E-state index contributed by atoms with van der Waals surface area (Å²) >= 11 is 0. The predicted octanol–water partition coefficient (Wildman–Crippen LogP) is 1.55. The number of piperidine rings is 1. The largest absolute Gasteiger partial charge is 0.385 e. The van der Waals surface area contributed by atoms with Gasteiger partial charge in [0, 0.05) is 12.2 Å². The van der Waals surface area contributed by atoms with E-state index in [9.17, 15) is 9.59 Å². The summed E-state index contributed by atoms with van der Waals surface area (Å²) < 4.78 is 0.